The van der Waals surface area contributed by atoms with Crippen molar-refractivity contribution in [2.75, 3.05) is 12.4 Å². The molecule has 0 spiro atoms. The summed E-state index contributed by atoms with van der Waals surface area (Å²) in [5.74, 6) is -0.265. The van der Waals surface area contributed by atoms with Gasteiger partial charge in [0.05, 0.1) is 13.3 Å². The van der Waals surface area contributed by atoms with Crippen LogP contribution in [0.1, 0.15) is 29.5 Å². The van der Waals surface area contributed by atoms with Crippen LogP contribution in [0.25, 0.3) is 0 Å². The summed E-state index contributed by atoms with van der Waals surface area (Å²) >= 11 is 0. The van der Waals surface area contributed by atoms with Gasteiger partial charge in [-0.3, -0.25) is 9.59 Å². The Kier molecular flexibility index (Phi) is 6.93. The van der Waals surface area contributed by atoms with Crippen LogP contribution in [-0.2, 0) is 9.59 Å². The molecular formula is C20H23N3O4. The van der Waals surface area contributed by atoms with Crippen LogP contribution in [-0.4, -0.2) is 30.2 Å². The van der Waals surface area contributed by atoms with Crippen molar-refractivity contribution in [2.45, 2.75) is 26.7 Å². The van der Waals surface area contributed by atoms with E-state index >= 15 is 0 Å². The number of aryl methyl sites for hydroxylation is 2. The Balaban J connectivity index is 1.79. The predicted molar refractivity (Wildman–Crippen MR) is 104 cm³/mol. The molecule has 2 aromatic carbocycles. The lowest BCUT2D eigenvalue weighted by molar-refractivity contribution is -0.124. The van der Waals surface area contributed by atoms with Gasteiger partial charge in [-0.1, -0.05) is 17.7 Å². The Morgan fingerprint density at radius 1 is 1.11 bits per heavy atom. The molecule has 0 fully saturated rings. The van der Waals surface area contributed by atoms with E-state index in [0.29, 0.717) is 11.3 Å². The van der Waals surface area contributed by atoms with Crippen molar-refractivity contribution < 1.29 is 19.4 Å². The average molecular weight is 369 g/mol. The van der Waals surface area contributed by atoms with E-state index in [1.807, 2.05) is 32.0 Å². The summed E-state index contributed by atoms with van der Waals surface area (Å²) in [6, 6.07) is 10.4. The standard InChI is InChI=1S/C20H23N3O4/c1-13-4-6-16(14(2)10-13)22-19(25)8-9-20(26)23-21-12-15-5-7-17(24)18(11-15)27-3/h4-7,10-12,24H,8-9H2,1-3H3,(H,22,25)(H,23,26)/b21-12-. The minimum Gasteiger partial charge on any atom is -0.504 e. The van der Waals surface area contributed by atoms with Gasteiger partial charge in [-0.25, -0.2) is 5.43 Å². The Labute approximate surface area is 158 Å². The lowest BCUT2D eigenvalue weighted by Crippen LogP contribution is -2.20. The van der Waals surface area contributed by atoms with Crippen molar-refractivity contribution in [2.24, 2.45) is 5.10 Å². The third-order valence-electron chi connectivity index (χ3n) is 3.84. The van der Waals surface area contributed by atoms with Gasteiger partial charge in [0.25, 0.3) is 0 Å². The van der Waals surface area contributed by atoms with Crippen LogP contribution in [0.4, 0.5) is 5.69 Å². The Bertz CT molecular complexity index is 862. The number of hydrogen-bond donors (Lipinski definition) is 3. The van der Waals surface area contributed by atoms with Crippen LogP contribution in [0.15, 0.2) is 41.5 Å². The molecule has 0 aliphatic carbocycles. The summed E-state index contributed by atoms with van der Waals surface area (Å²) < 4.78 is 5.00. The summed E-state index contributed by atoms with van der Waals surface area (Å²) in [6.07, 6.45) is 1.50. The summed E-state index contributed by atoms with van der Waals surface area (Å²) in [4.78, 5) is 23.8. The van der Waals surface area contributed by atoms with Gasteiger partial charge in [-0.15, -0.1) is 0 Å². The van der Waals surface area contributed by atoms with E-state index in [2.05, 4.69) is 15.8 Å². The number of ether oxygens (including phenoxy) is 1. The maximum atomic E-state index is 12.0. The second kappa shape index (κ2) is 9.38. The molecule has 2 rings (SSSR count). The molecule has 0 bridgehead atoms. The van der Waals surface area contributed by atoms with E-state index in [0.717, 1.165) is 16.8 Å². The van der Waals surface area contributed by atoms with Gasteiger partial charge in [0.15, 0.2) is 11.5 Å². The number of benzene rings is 2. The lowest BCUT2D eigenvalue weighted by Gasteiger charge is -2.08. The fraction of sp³-hybridized carbons (Fsp3) is 0.250. The molecule has 3 N–H and O–H groups in total. The molecule has 0 aromatic heterocycles. The molecule has 0 aliphatic rings. The summed E-state index contributed by atoms with van der Waals surface area (Å²) in [6.45, 7) is 3.90. The molecule has 27 heavy (non-hydrogen) atoms. The lowest BCUT2D eigenvalue weighted by atomic mass is 10.1. The van der Waals surface area contributed by atoms with Crippen LogP contribution in [0.3, 0.4) is 0 Å². The summed E-state index contributed by atoms with van der Waals surface area (Å²) in [5, 5.41) is 16.2. The SMILES string of the molecule is COc1cc(/C=N\NC(=O)CCC(=O)Nc2ccc(C)cc2C)ccc1O. The number of carbonyl (C=O) groups excluding carboxylic acids is 2. The van der Waals surface area contributed by atoms with E-state index in [-0.39, 0.29) is 30.4 Å². The maximum absolute atomic E-state index is 12.0. The molecule has 0 saturated heterocycles. The molecule has 7 heteroatoms. The normalized spacial score (nSPS) is 10.6. The smallest absolute Gasteiger partial charge is 0.240 e. The van der Waals surface area contributed by atoms with Gasteiger partial charge in [-0.05, 0) is 49.2 Å². The highest BCUT2D eigenvalue weighted by Gasteiger charge is 2.08. The van der Waals surface area contributed by atoms with Gasteiger partial charge >= 0.3 is 0 Å². The first-order chi connectivity index (χ1) is 12.9. The number of phenolic OH excluding ortho intramolecular Hbond substituents is 1. The summed E-state index contributed by atoms with van der Waals surface area (Å²) in [7, 11) is 1.45. The van der Waals surface area contributed by atoms with Crippen molar-refractivity contribution in [1.82, 2.24) is 5.43 Å². The van der Waals surface area contributed by atoms with Crippen molar-refractivity contribution in [1.29, 1.82) is 0 Å². The zero-order valence-electron chi connectivity index (χ0n) is 15.6. The number of anilines is 1. The molecule has 0 atom stereocenters. The van der Waals surface area contributed by atoms with Crippen molar-refractivity contribution >= 4 is 23.7 Å². The van der Waals surface area contributed by atoms with Crippen LogP contribution in [0.2, 0.25) is 0 Å². The minimum atomic E-state index is -0.368. The van der Waals surface area contributed by atoms with Crippen LogP contribution >= 0.6 is 0 Å². The zero-order chi connectivity index (χ0) is 19.8. The summed E-state index contributed by atoms with van der Waals surface area (Å²) in [5.41, 5.74) is 5.85. The molecule has 0 radical (unpaired) electrons. The van der Waals surface area contributed by atoms with Crippen molar-refractivity contribution in [3.8, 4) is 11.5 Å². The molecule has 142 valence electrons. The molecular weight excluding hydrogens is 346 g/mol. The van der Waals surface area contributed by atoms with E-state index < -0.39 is 0 Å². The highest BCUT2D eigenvalue weighted by Crippen LogP contribution is 2.25. The monoisotopic (exact) mass is 369 g/mol. The van der Waals surface area contributed by atoms with E-state index in [1.165, 1.54) is 19.4 Å². The Morgan fingerprint density at radius 2 is 1.85 bits per heavy atom. The first-order valence-corrected chi connectivity index (χ1v) is 8.45. The van der Waals surface area contributed by atoms with Crippen LogP contribution < -0.4 is 15.5 Å². The second-order valence-electron chi connectivity index (χ2n) is 6.09. The number of nitrogens with one attached hydrogen (secondary N) is 2. The molecule has 2 amide bonds. The molecule has 0 aliphatic heterocycles. The van der Waals surface area contributed by atoms with Gasteiger partial charge in [0.1, 0.15) is 0 Å². The number of carbonyl (C=O) groups is 2. The quantitative estimate of drug-likeness (QED) is 0.516. The maximum Gasteiger partial charge on any atom is 0.240 e. The fourth-order valence-electron chi connectivity index (χ4n) is 2.40. The molecule has 2 aromatic rings. The molecule has 7 nitrogen and oxygen atoms in total. The molecule has 0 unspecified atom stereocenters. The number of methoxy groups -OCH3 is 1. The van der Waals surface area contributed by atoms with Gasteiger partial charge in [0, 0.05) is 18.5 Å². The van der Waals surface area contributed by atoms with E-state index in [1.54, 1.807) is 12.1 Å². The van der Waals surface area contributed by atoms with Gasteiger partial charge in [-0.2, -0.15) is 5.10 Å². The first-order valence-electron chi connectivity index (χ1n) is 8.45. The number of aromatic hydroxyl groups is 1. The second-order valence-corrected chi connectivity index (χ2v) is 6.09. The number of phenols is 1. The van der Waals surface area contributed by atoms with Crippen molar-refractivity contribution in [3.05, 3.63) is 53.1 Å². The Hall–Kier alpha value is -3.35. The topological polar surface area (TPSA) is 100 Å². The van der Waals surface area contributed by atoms with Crippen LogP contribution in [0, 0.1) is 13.8 Å². The third-order valence-corrected chi connectivity index (χ3v) is 3.84. The number of hydrogen-bond acceptors (Lipinski definition) is 5. The average Bonchev–Trinajstić information content (AvgIpc) is 2.63. The van der Waals surface area contributed by atoms with Crippen molar-refractivity contribution in [3.63, 3.8) is 0 Å². The zero-order valence-corrected chi connectivity index (χ0v) is 15.6. The molecule has 0 saturated carbocycles. The van der Waals surface area contributed by atoms with Gasteiger partial charge in [0.2, 0.25) is 11.8 Å². The highest BCUT2D eigenvalue weighted by molar-refractivity contribution is 5.94. The van der Waals surface area contributed by atoms with E-state index in [4.69, 9.17) is 4.74 Å². The number of nitrogens with zero attached hydrogens (tertiary/aromatic N) is 1. The minimum absolute atomic E-state index is 0.0208. The first kappa shape index (κ1) is 20.0. The van der Waals surface area contributed by atoms with Gasteiger partial charge < -0.3 is 15.2 Å². The van der Waals surface area contributed by atoms with Crippen LogP contribution in [0.5, 0.6) is 11.5 Å². The van der Waals surface area contributed by atoms with E-state index in [9.17, 15) is 14.7 Å². The number of rotatable bonds is 7. The highest BCUT2D eigenvalue weighted by atomic mass is 16.5. The number of amides is 2. The largest absolute Gasteiger partial charge is 0.504 e. The predicted octanol–water partition coefficient (Wildman–Crippen LogP) is 2.89. The third kappa shape index (κ3) is 6.14. The number of hydrazone groups is 1. The molecule has 0 heterocycles. The Morgan fingerprint density at radius 3 is 2.56 bits per heavy atom. The fourth-order valence-corrected chi connectivity index (χ4v) is 2.40.